The van der Waals surface area contributed by atoms with Gasteiger partial charge in [0.2, 0.25) is 5.78 Å². The van der Waals surface area contributed by atoms with Crippen molar-refractivity contribution < 1.29 is 24.5 Å². The minimum atomic E-state index is -0.800. The number of hydrogen-bond acceptors (Lipinski definition) is 7. The molecule has 2 N–H and O–H groups in total. The summed E-state index contributed by atoms with van der Waals surface area (Å²) < 4.78 is 5.19. The third-order valence-electron chi connectivity index (χ3n) is 6.47. The van der Waals surface area contributed by atoms with Gasteiger partial charge in [-0.25, -0.2) is 4.98 Å². The number of ketones is 1. The number of carbonyl (C=O) groups excluding carboxylic acids is 2. The third-order valence-corrected chi connectivity index (χ3v) is 7.54. The fourth-order valence-electron chi connectivity index (χ4n) is 4.66. The molecule has 1 aromatic carbocycles. The van der Waals surface area contributed by atoms with Gasteiger partial charge in [0.15, 0.2) is 5.76 Å². The molecule has 0 radical (unpaired) electrons. The topological polar surface area (TPSA) is 100.0 Å². The normalized spacial score (nSPS) is 16.9. The van der Waals surface area contributed by atoms with E-state index in [9.17, 15) is 19.8 Å². The van der Waals surface area contributed by atoms with Gasteiger partial charge >= 0.3 is 0 Å². The van der Waals surface area contributed by atoms with E-state index in [1.807, 2.05) is 60.6 Å². The molecule has 2 aromatic rings. The Morgan fingerprint density at radius 2 is 1.64 bits per heavy atom. The summed E-state index contributed by atoms with van der Waals surface area (Å²) in [6, 6.07) is 2.93. The number of phenols is 1. The van der Waals surface area contributed by atoms with E-state index >= 15 is 0 Å². The van der Waals surface area contributed by atoms with Crippen molar-refractivity contribution in [2.24, 2.45) is 0 Å². The number of amides is 1. The van der Waals surface area contributed by atoms with Crippen molar-refractivity contribution in [3.63, 3.8) is 0 Å². The number of phenolic OH excluding ortho intramolecular Hbond substituents is 1. The Hall–Kier alpha value is -2.71. The zero-order chi connectivity index (χ0) is 27.2. The summed E-state index contributed by atoms with van der Waals surface area (Å²) >= 11 is 1.25. The van der Waals surface area contributed by atoms with E-state index in [0.717, 1.165) is 16.1 Å². The number of nitrogens with zero attached hydrogens (tertiary/aromatic N) is 2. The standard InChI is InChI=1S/C28H38N2O5S/c1-15-25(36-16(2)29-15)23(32)20-21(30(11-10-12-35-9)26(34)24(20)33)17-13-18(27(3,4)5)22(31)19(14-17)28(6,7)8/h13-14,21,31,33H,10-12H2,1-9H3. The molecule has 0 saturated heterocycles. The number of methoxy groups -OCH3 is 1. The highest BCUT2D eigenvalue weighted by atomic mass is 32.1. The van der Waals surface area contributed by atoms with Gasteiger partial charge in [0.25, 0.3) is 5.91 Å². The van der Waals surface area contributed by atoms with E-state index in [0.29, 0.717) is 35.7 Å². The van der Waals surface area contributed by atoms with Crippen LogP contribution in [0.5, 0.6) is 5.75 Å². The van der Waals surface area contributed by atoms with Gasteiger partial charge in [-0.05, 0) is 59.9 Å². The van der Waals surface area contributed by atoms with Gasteiger partial charge in [-0.1, -0.05) is 41.5 Å². The van der Waals surface area contributed by atoms with Crippen LogP contribution in [-0.4, -0.2) is 52.0 Å². The largest absolute Gasteiger partial charge is 0.507 e. The molecule has 0 saturated carbocycles. The number of benzene rings is 1. The first-order valence-electron chi connectivity index (χ1n) is 12.2. The number of aliphatic hydroxyl groups is 1. The SMILES string of the molecule is COCCCN1C(=O)C(O)=C(C(=O)c2sc(C)nc2C)C1c1cc(C(C)(C)C)c(O)c(C(C)(C)C)c1. The molecule has 196 valence electrons. The molecule has 0 bridgehead atoms. The van der Waals surface area contributed by atoms with Gasteiger partial charge < -0.3 is 19.8 Å². The number of carbonyl (C=O) groups is 2. The lowest BCUT2D eigenvalue weighted by Gasteiger charge is -2.32. The molecule has 0 spiro atoms. The Morgan fingerprint density at radius 3 is 2.08 bits per heavy atom. The van der Waals surface area contributed by atoms with Crippen molar-refractivity contribution >= 4 is 23.0 Å². The van der Waals surface area contributed by atoms with E-state index in [4.69, 9.17) is 4.74 Å². The summed E-state index contributed by atoms with van der Waals surface area (Å²) in [5.74, 6) is -1.30. The van der Waals surface area contributed by atoms with Crippen molar-refractivity contribution in [3.05, 3.63) is 55.7 Å². The van der Waals surface area contributed by atoms with Crippen LogP contribution in [0.3, 0.4) is 0 Å². The number of rotatable bonds is 7. The van der Waals surface area contributed by atoms with Gasteiger partial charge in [0.1, 0.15) is 5.75 Å². The van der Waals surface area contributed by atoms with Crippen molar-refractivity contribution in [1.29, 1.82) is 0 Å². The predicted octanol–water partition coefficient (Wildman–Crippen LogP) is 5.68. The second-order valence-corrected chi connectivity index (χ2v) is 12.7. The number of hydrogen-bond donors (Lipinski definition) is 2. The number of ether oxygens (including phenoxy) is 1. The summed E-state index contributed by atoms with van der Waals surface area (Å²) in [5, 5.41) is 23.0. The van der Waals surface area contributed by atoms with Crippen LogP contribution in [-0.2, 0) is 20.4 Å². The second kappa shape index (κ2) is 9.98. The summed E-state index contributed by atoms with van der Waals surface area (Å²) in [7, 11) is 1.59. The average molecular weight is 515 g/mol. The minimum Gasteiger partial charge on any atom is -0.507 e. The molecule has 1 atom stereocenters. The zero-order valence-corrected chi connectivity index (χ0v) is 23.6. The monoisotopic (exact) mass is 514 g/mol. The molecule has 8 heteroatoms. The Kier molecular flexibility index (Phi) is 7.72. The maximum atomic E-state index is 13.8. The van der Waals surface area contributed by atoms with Crippen molar-refractivity contribution in [2.75, 3.05) is 20.3 Å². The smallest absolute Gasteiger partial charge is 0.290 e. The molecular formula is C28H38N2O5S. The van der Waals surface area contributed by atoms with E-state index < -0.39 is 34.3 Å². The highest BCUT2D eigenvalue weighted by molar-refractivity contribution is 7.14. The van der Waals surface area contributed by atoms with E-state index in [1.54, 1.807) is 14.0 Å². The molecule has 0 fully saturated rings. The van der Waals surface area contributed by atoms with Crippen LogP contribution >= 0.6 is 11.3 Å². The summed E-state index contributed by atoms with van der Waals surface area (Å²) in [6.45, 7) is 16.4. The van der Waals surface area contributed by atoms with Crippen LogP contribution in [0.25, 0.3) is 0 Å². The van der Waals surface area contributed by atoms with Crippen LogP contribution < -0.4 is 0 Å². The summed E-state index contributed by atoms with van der Waals surface area (Å²) in [6.07, 6.45) is 0.544. The molecular weight excluding hydrogens is 476 g/mol. The van der Waals surface area contributed by atoms with E-state index in [-0.39, 0.29) is 11.3 Å². The molecule has 0 aliphatic carbocycles. The van der Waals surface area contributed by atoms with Crippen LogP contribution in [0.1, 0.15) is 91.1 Å². The quantitative estimate of drug-likeness (QED) is 0.364. The minimum absolute atomic E-state index is 0.0505. The van der Waals surface area contributed by atoms with Crippen LogP contribution in [0.4, 0.5) is 0 Å². The van der Waals surface area contributed by atoms with Gasteiger partial charge in [-0.3, -0.25) is 9.59 Å². The Morgan fingerprint density at radius 1 is 1.08 bits per heavy atom. The second-order valence-electron chi connectivity index (χ2n) is 11.5. The molecule has 1 aliphatic rings. The fourth-order valence-corrected chi connectivity index (χ4v) is 5.54. The lowest BCUT2D eigenvalue weighted by molar-refractivity contribution is -0.129. The Bertz CT molecular complexity index is 1180. The highest BCUT2D eigenvalue weighted by Crippen LogP contribution is 2.46. The first kappa shape index (κ1) is 27.9. The molecule has 1 aliphatic heterocycles. The number of thiazole rings is 1. The van der Waals surface area contributed by atoms with Crippen molar-refractivity contribution in [2.45, 2.75) is 78.7 Å². The third kappa shape index (κ3) is 5.20. The molecule has 1 amide bonds. The van der Waals surface area contributed by atoms with Gasteiger partial charge in [0, 0.05) is 20.3 Å². The van der Waals surface area contributed by atoms with E-state index in [2.05, 4.69) is 4.98 Å². The van der Waals surface area contributed by atoms with Gasteiger partial charge in [-0.2, -0.15) is 0 Å². The number of aryl methyl sites for hydroxylation is 2. The van der Waals surface area contributed by atoms with Crippen molar-refractivity contribution in [1.82, 2.24) is 9.88 Å². The maximum Gasteiger partial charge on any atom is 0.290 e. The molecule has 2 heterocycles. The lowest BCUT2D eigenvalue weighted by Crippen LogP contribution is -2.33. The number of Topliss-reactive ketones (excluding diaryl/α,β-unsaturated/α-hetero) is 1. The molecule has 1 unspecified atom stereocenters. The van der Waals surface area contributed by atoms with Crippen LogP contribution in [0.15, 0.2) is 23.5 Å². The molecule has 3 rings (SSSR count). The maximum absolute atomic E-state index is 13.8. The highest BCUT2D eigenvalue weighted by Gasteiger charge is 2.45. The molecule has 7 nitrogen and oxygen atoms in total. The van der Waals surface area contributed by atoms with Crippen LogP contribution in [0.2, 0.25) is 0 Å². The predicted molar refractivity (Wildman–Crippen MR) is 142 cm³/mol. The average Bonchev–Trinajstić information content (AvgIpc) is 3.22. The fraction of sp³-hybridized carbons (Fsp3) is 0.536. The number of aromatic hydroxyl groups is 1. The Labute approximate surface area is 217 Å². The molecule has 36 heavy (non-hydrogen) atoms. The number of aliphatic hydroxyl groups excluding tert-OH is 1. The zero-order valence-electron chi connectivity index (χ0n) is 22.8. The Balaban J connectivity index is 2.29. The van der Waals surface area contributed by atoms with Gasteiger partial charge in [-0.15, -0.1) is 11.3 Å². The number of aromatic nitrogens is 1. The molecule has 1 aromatic heterocycles. The summed E-state index contributed by atoms with van der Waals surface area (Å²) in [5.41, 5.74) is 1.95. The summed E-state index contributed by atoms with van der Waals surface area (Å²) in [4.78, 5) is 33.5. The van der Waals surface area contributed by atoms with Crippen molar-refractivity contribution in [3.8, 4) is 5.75 Å². The van der Waals surface area contributed by atoms with Gasteiger partial charge in [0.05, 0.1) is 27.2 Å². The first-order valence-corrected chi connectivity index (χ1v) is 13.0. The van der Waals surface area contributed by atoms with E-state index in [1.165, 1.54) is 16.2 Å². The van der Waals surface area contributed by atoms with Crippen LogP contribution in [0, 0.1) is 13.8 Å². The first-order chi connectivity index (χ1) is 16.6. The lowest BCUT2D eigenvalue weighted by atomic mass is 9.77.